The van der Waals surface area contributed by atoms with Crippen molar-refractivity contribution >= 4 is 16.7 Å². The van der Waals surface area contributed by atoms with E-state index in [9.17, 15) is 13.6 Å². The number of pyridine rings is 1. The molecular weight excluding hydrogens is 272 g/mol. The summed E-state index contributed by atoms with van der Waals surface area (Å²) in [5.74, 6) is -2.76. The van der Waals surface area contributed by atoms with Gasteiger partial charge in [0.05, 0.1) is 11.1 Å². The van der Waals surface area contributed by atoms with Crippen LogP contribution in [-0.2, 0) is 0 Å². The van der Waals surface area contributed by atoms with E-state index in [0.29, 0.717) is 5.52 Å². The number of ketones is 1. The maximum absolute atomic E-state index is 13.9. The predicted molar refractivity (Wildman–Crippen MR) is 76.3 cm³/mol. The molecule has 2 aromatic carbocycles. The number of halogens is 2. The van der Waals surface area contributed by atoms with Gasteiger partial charge in [0.15, 0.2) is 11.6 Å². The number of aryl methyl sites for hydroxylation is 1. The molecule has 0 saturated carbocycles. The third kappa shape index (κ3) is 2.29. The molecule has 21 heavy (non-hydrogen) atoms. The molecule has 104 valence electrons. The lowest BCUT2D eigenvalue weighted by Gasteiger charge is -2.06. The van der Waals surface area contributed by atoms with Crippen LogP contribution in [0.25, 0.3) is 10.9 Å². The molecule has 3 rings (SSSR count). The number of carbonyl (C=O) groups is 1. The number of hydrogen-bond donors (Lipinski definition) is 0. The quantitative estimate of drug-likeness (QED) is 0.664. The summed E-state index contributed by atoms with van der Waals surface area (Å²) in [7, 11) is 0. The second-order valence-electron chi connectivity index (χ2n) is 4.78. The Morgan fingerprint density at radius 3 is 2.52 bits per heavy atom. The van der Waals surface area contributed by atoms with Crippen molar-refractivity contribution < 1.29 is 13.6 Å². The van der Waals surface area contributed by atoms with Crippen LogP contribution in [0.4, 0.5) is 8.78 Å². The zero-order valence-electron chi connectivity index (χ0n) is 11.2. The van der Waals surface area contributed by atoms with Crippen LogP contribution < -0.4 is 0 Å². The number of para-hydroxylation sites is 1. The molecule has 1 heterocycles. The van der Waals surface area contributed by atoms with E-state index in [1.54, 1.807) is 18.2 Å². The summed E-state index contributed by atoms with van der Waals surface area (Å²) in [6.07, 6.45) is 0. The first-order valence-electron chi connectivity index (χ1n) is 6.43. The molecule has 0 unspecified atom stereocenters. The maximum atomic E-state index is 13.9. The van der Waals surface area contributed by atoms with Crippen molar-refractivity contribution in [2.45, 2.75) is 6.92 Å². The Kier molecular flexibility index (Phi) is 3.22. The Morgan fingerprint density at radius 1 is 0.952 bits per heavy atom. The molecule has 4 heteroatoms. The normalized spacial score (nSPS) is 10.8. The molecule has 0 radical (unpaired) electrons. The first kappa shape index (κ1) is 13.4. The molecule has 0 fully saturated rings. The summed E-state index contributed by atoms with van der Waals surface area (Å²) in [4.78, 5) is 16.5. The molecule has 1 aromatic heterocycles. The molecule has 0 saturated heterocycles. The van der Waals surface area contributed by atoms with E-state index in [2.05, 4.69) is 4.98 Å². The summed E-state index contributed by atoms with van der Waals surface area (Å²) in [5, 5.41) is 0.879. The molecule has 0 aliphatic carbocycles. The lowest BCUT2D eigenvalue weighted by Crippen LogP contribution is -2.08. The first-order chi connectivity index (χ1) is 10.1. The number of benzene rings is 2. The minimum atomic E-state index is -1.13. The summed E-state index contributed by atoms with van der Waals surface area (Å²) < 4.78 is 27.5. The van der Waals surface area contributed by atoms with Crippen molar-refractivity contribution in [3.8, 4) is 0 Å². The zero-order chi connectivity index (χ0) is 15.0. The first-order valence-corrected chi connectivity index (χ1v) is 6.43. The second-order valence-corrected chi connectivity index (χ2v) is 4.78. The molecule has 0 spiro atoms. The molecule has 3 aromatic rings. The number of fused-ring (bicyclic) bond motifs is 1. The largest absolute Gasteiger partial charge is 0.287 e. The van der Waals surface area contributed by atoms with Crippen LogP contribution in [0, 0.1) is 18.6 Å². The van der Waals surface area contributed by atoms with Crippen LogP contribution in [0.3, 0.4) is 0 Å². The number of rotatable bonds is 2. The Hall–Kier alpha value is -2.62. The molecule has 0 aliphatic rings. The highest BCUT2D eigenvalue weighted by atomic mass is 19.2. The van der Waals surface area contributed by atoms with Gasteiger partial charge in [-0.1, -0.05) is 30.3 Å². The average Bonchev–Trinajstić information content (AvgIpc) is 2.52. The zero-order valence-corrected chi connectivity index (χ0v) is 11.2. The maximum Gasteiger partial charge on any atom is 0.214 e. The van der Waals surface area contributed by atoms with Gasteiger partial charge in [-0.05, 0) is 30.7 Å². The molecule has 0 amide bonds. The lowest BCUT2D eigenvalue weighted by molar-refractivity contribution is 0.103. The van der Waals surface area contributed by atoms with E-state index in [0.717, 1.165) is 5.39 Å². The standard InChI is InChI=1S/C17H11F2NO/c1-10-6-8-12(16(19)15(10)18)17(21)14-9-7-11-4-2-3-5-13(11)20-14/h2-9H,1H3. The van der Waals surface area contributed by atoms with E-state index in [4.69, 9.17) is 0 Å². The highest BCUT2D eigenvalue weighted by Crippen LogP contribution is 2.20. The second kappa shape index (κ2) is 5.05. The average molecular weight is 283 g/mol. The van der Waals surface area contributed by atoms with Gasteiger partial charge in [0.1, 0.15) is 5.69 Å². The summed E-state index contributed by atoms with van der Waals surface area (Å²) in [6.45, 7) is 1.45. The van der Waals surface area contributed by atoms with Crippen molar-refractivity contribution in [3.63, 3.8) is 0 Å². The molecule has 0 atom stereocenters. The van der Waals surface area contributed by atoms with Gasteiger partial charge in [0.25, 0.3) is 0 Å². The third-order valence-electron chi connectivity index (χ3n) is 3.35. The topological polar surface area (TPSA) is 30.0 Å². The predicted octanol–water partition coefficient (Wildman–Crippen LogP) is 4.05. The van der Waals surface area contributed by atoms with Gasteiger partial charge in [0.2, 0.25) is 5.78 Å². The number of carbonyl (C=O) groups excluding carboxylic acids is 1. The van der Waals surface area contributed by atoms with Crippen LogP contribution in [0.15, 0.2) is 48.5 Å². The van der Waals surface area contributed by atoms with Crippen molar-refractivity contribution in [1.29, 1.82) is 0 Å². The van der Waals surface area contributed by atoms with Gasteiger partial charge in [-0.2, -0.15) is 0 Å². The van der Waals surface area contributed by atoms with E-state index in [-0.39, 0.29) is 16.8 Å². The van der Waals surface area contributed by atoms with Gasteiger partial charge < -0.3 is 0 Å². The number of hydrogen-bond acceptors (Lipinski definition) is 2. The van der Waals surface area contributed by atoms with Crippen LogP contribution >= 0.6 is 0 Å². The summed E-state index contributed by atoms with van der Waals surface area (Å²) >= 11 is 0. The number of nitrogens with zero attached hydrogens (tertiary/aromatic N) is 1. The molecule has 0 bridgehead atoms. The van der Waals surface area contributed by atoms with Crippen LogP contribution in [0.5, 0.6) is 0 Å². The number of aromatic nitrogens is 1. The molecule has 2 nitrogen and oxygen atoms in total. The fourth-order valence-electron chi connectivity index (χ4n) is 2.15. The Balaban J connectivity index is 2.10. The van der Waals surface area contributed by atoms with Crippen molar-refractivity contribution in [1.82, 2.24) is 4.98 Å². The van der Waals surface area contributed by atoms with Gasteiger partial charge in [-0.3, -0.25) is 4.79 Å². The van der Waals surface area contributed by atoms with Gasteiger partial charge in [-0.15, -0.1) is 0 Å². The highest BCUT2D eigenvalue weighted by molar-refractivity contribution is 6.08. The summed E-state index contributed by atoms with van der Waals surface area (Å²) in [5.41, 5.74) is 0.587. The Morgan fingerprint density at radius 2 is 1.71 bits per heavy atom. The highest BCUT2D eigenvalue weighted by Gasteiger charge is 2.19. The van der Waals surface area contributed by atoms with Crippen molar-refractivity contribution in [2.24, 2.45) is 0 Å². The summed E-state index contributed by atoms with van der Waals surface area (Å²) in [6, 6.07) is 13.2. The fraction of sp³-hybridized carbons (Fsp3) is 0.0588. The lowest BCUT2D eigenvalue weighted by atomic mass is 10.0. The Bertz CT molecular complexity index is 859. The van der Waals surface area contributed by atoms with Gasteiger partial charge in [-0.25, -0.2) is 13.8 Å². The van der Waals surface area contributed by atoms with E-state index in [1.807, 2.05) is 12.1 Å². The van der Waals surface area contributed by atoms with Crippen molar-refractivity contribution in [2.75, 3.05) is 0 Å². The monoisotopic (exact) mass is 283 g/mol. The van der Waals surface area contributed by atoms with Crippen LogP contribution in [0.1, 0.15) is 21.6 Å². The van der Waals surface area contributed by atoms with E-state index in [1.165, 1.54) is 25.1 Å². The molecule has 0 N–H and O–H groups in total. The van der Waals surface area contributed by atoms with Gasteiger partial charge >= 0.3 is 0 Å². The van der Waals surface area contributed by atoms with Crippen LogP contribution in [0.2, 0.25) is 0 Å². The molecule has 0 aliphatic heterocycles. The smallest absolute Gasteiger partial charge is 0.214 e. The minimum Gasteiger partial charge on any atom is -0.287 e. The fourth-order valence-corrected chi connectivity index (χ4v) is 2.15. The van der Waals surface area contributed by atoms with E-state index < -0.39 is 17.4 Å². The van der Waals surface area contributed by atoms with E-state index >= 15 is 0 Å². The molecular formula is C17H11F2NO. The minimum absolute atomic E-state index is 0.0934. The van der Waals surface area contributed by atoms with Crippen molar-refractivity contribution in [3.05, 3.63) is 77.0 Å². The Labute approximate surface area is 120 Å². The SMILES string of the molecule is Cc1ccc(C(=O)c2ccc3ccccc3n2)c(F)c1F. The van der Waals surface area contributed by atoms with Gasteiger partial charge in [0, 0.05) is 5.39 Å². The van der Waals surface area contributed by atoms with Crippen LogP contribution in [-0.4, -0.2) is 10.8 Å². The third-order valence-corrected chi connectivity index (χ3v) is 3.35.